The van der Waals surface area contributed by atoms with Crippen molar-refractivity contribution in [2.24, 2.45) is 0 Å². The molecule has 7 heteroatoms. The lowest BCUT2D eigenvalue weighted by atomic mass is 10.1. The van der Waals surface area contributed by atoms with Gasteiger partial charge in [0, 0.05) is 5.69 Å². The number of carboxylic acid groups (broad SMARTS) is 1. The second kappa shape index (κ2) is 8.24. The third kappa shape index (κ3) is 4.24. The van der Waals surface area contributed by atoms with Gasteiger partial charge in [-0.3, -0.25) is 4.79 Å². The van der Waals surface area contributed by atoms with E-state index in [4.69, 9.17) is 14.2 Å². The molecule has 0 fully saturated rings. The van der Waals surface area contributed by atoms with Crippen LogP contribution < -0.4 is 19.5 Å². The molecule has 0 spiro atoms. The van der Waals surface area contributed by atoms with Crippen LogP contribution in [0.5, 0.6) is 17.2 Å². The molecule has 26 heavy (non-hydrogen) atoms. The second-order valence-corrected chi connectivity index (χ2v) is 5.59. The first kappa shape index (κ1) is 19.1. The summed E-state index contributed by atoms with van der Waals surface area (Å²) in [6, 6.07) is 8.13. The number of ether oxygens (including phenoxy) is 3. The normalized spacial score (nSPS) is 10.2. The first-order chi connectivity index (χ1) is 12.4. The van der Waals surface area contributed by atoms with Crippen molar-refractivity contribution in [1.29, 1.82) is 0 Å². The smallest absolute Gasteiger partial charge is 0.336 e. The Morgan fingerprint density at radius 1 is 1.00 bits per heavy atom. The molecule has 2 N–H and O–H groups in total. The van der Waals surface area contributed by atoms with Gasteiger partial charge in [0.15, 0.2) is 11.5 Å². The molecular weight excluding hydrogens is 338 g/mol. The Bertz CT molecular complexity index is 806. The molecule has 138 valence electrons. The molecule has 7 nitrogen and oxygen atoms in total. The molecule has 0 saturated carbocycles. The van der Waals surface area contributed by atoms with Crippen molar-refractivity contribution in [3.8, 4) is 17.2 Å². The molecular formula is C19H21NO6. The third-order valence-corrected chi connectivity index (χ3v) is 3.84. The lowest BCUT2D eigenvalue weighted by Crippen LogP contribution is -2.15. The van der Waals surface area contributed by atoms with Crippen molar-refractivity contribution >= 4 is 17.6 Å². The summed E-state index contributed by atoms with van der Waals surface area (Å²) in [6.07, 6.45) is 0.0625. The molecule has 0 unspecified atom stereocenters. The van der Waals surface area contributed by atoms with Gasteiger partial charge in [0.05, 0.1) is 33.3 Å². The Labute approximate surface area is 151 Å². The van der Waals surface area contributed by atoms with E-state index in [9.17, 15) is 14.7 Å². The summed E-state index contributed by atoms with van der Waals surface area (Å²) in [7, 11) is 4.51. The number of carbonyl (C=O) groups is 2. The van der Waals surface area contributed by atoms with Crippen molar-refractivity contribution in [2.45, 2.75) is 13.3 Å². The first-order valence-corrected chi connectivity index (χ1v) is 7.82. The molecule has 0 aliphatic heterocycles. The number of hydrogen-bond acceptors (Lipinski definition) is 5. The lowest BCUT2D eigenvalue weighted by Gasteiger charge is -2.14. The van der Waals surface area contributed by atoms with Gasteiger partial charge in [-0.1, -0.05) is 6.07 Å². The van der Waals surface area contributed by atoms with Crippen molar-refractivity contribution in [3.05, 3.63) is 47.0 Å². The second-order valence-electron chi connectivity index (χ2n) is 5.59. The quantitative estimate of drug-likeness (QED) is 0.789. The van der Waals surface area contributed by atoms with Crippen molar-refractivity contribution in [1.82, 2.24) is 0 Å². The molecule has 0 aliphatic rings. The Balaban J connectivity index is 2.20. The first-order valence-electron chi connectivity index (χ1n) is 7.82. The molecule has 0 heterocycles. The third-order valence-electron chi connectivity index (χ3n) is 3.84. The number of carboxylic acids is 1. The minimum absolute atomic E-state index is 0.0625. The predicted octanol–water partition coefficient (Wildman–Crippen LogP) is 2.90. The van der Waals surface area contributed by atoms with Crippen molar-refractivity contribution in [3.63, 3.8) is 0 Å². The van der Waals surface area contributed by atoms with Crippen LogP contribution in [0, 0.1) is 6.92 Å². The maximum absolute atomic E-state index is 12.3. The van der Waals surface area contributed by atoms with Crippen LogP contribution in [0.4, 0.5) is 5.69 Å². The van der Waals surface area contributed by atoms with Gasteiger partial charge in [0.1, 0.15) is 0 Å². The maximum atomic E-state index is 12.3. The molecule has 1 amide bonds. The van der Waals surface area contributed by atoms with Gasteiger partial charge in [0.2, 0.25) is 11.7 Å². The van der Waals surface area contributed by atoms with E-state index in [0.717, 1.165) is 0 Å². The monoisotopic (exact) mass is 359 g/mol. The van der Waals surface area contributed by atoms with Gasteiger partial charge in [-0.2, -0.15) is 0 Å². The highest BCUT2D eigenvalue weighted by atomic mass is 16.5. The Kier molecular flexibility index (Phi) is 6.06. The Morgan fingerprint density at radius 2 is 1.62 bits per heavy atom. The van der Waals surface area contributed by atoms with Gasteiger partial charge < -0.3 is 24.6 Å². The van der Waals surface area contributed by atoms with Crippen LogP contribution in [-0.2, 0) is 11.2 Å². The predicted molar refractivity (Wildman–Crippen MR) is 96.6 cm³/mol. The van der Waals surface area contributed by atoms with Crippen LogP contribution in [0.25, 0.3) is 0 Å². The molecule has 0 radical (unpaired) electrons. The summed E-state index contributed by atoms with van der Waals surface area (Å²) in [5, 5.41) is 11.9. The summed E-state index contributed by atoms with van der Waals surface area (Å²) < 4.78 is 15.8. The molecule has 2 aromatic carbocycles. The topological polar surface area (TPSA) is 94.1 Å². The van der Waals surface area contributed by atoms with Gasteiger partial charge in [0.25, 0.3) is 0 Å². The molecule has 0 atom stereocenters. The summed E-state index contributed by atoms with van der Waals surface area (Å²) in [4.78, 5) is 23.5. The minimum atomic E-state index is -1.04. The average molecular weight is 359 g/mol. The summed E-state index contributed by atoms with van der Waals surface area (Å²) in [6.45, 7) is 1.70. The molecule has 2 aromatic rings. The van der Waals surface area contributed by atoms with Crippen molar-refractivity contribution < 1.29 is 28.9 Å². The van der Waals surface area contributed by atoms with E-state index < -0.39 is 5.97 Å². The summed E-state index contributed by atoms with van der Waals surface area (Å²) in [5.74, 6) is 0.0304. The van der Waals surface area contributed by atoms with Crippen LogP contribution in [-0.4, -0.2) is 38.3 Å². The van der Waals surface area contributed by atoms with E-state index in [1.165, 1.54) is 27.4 Å². The number of aryl methyl sites for hydroxylation is 1. The zero-order valence-corrected chi connectivity index (χ0v) is 15.1. The number of amides is 1. The molecule has 2 rings (SSSR count). The SMILES string of the molecule is COc1cc(CC(=O)Nc2ccc(C)c(C(=O)O)c2)cc(OC)c1OC. The van der Waals surface area contributed by atoms with Gasteiger partial charge in [-0.15, -0.1) is 0 Å². The number of benzene rings is 2. The average Bonchev–Trinajstić information content (AvgIpc) is 2.62. The molecule has 0 bridgehead atoms. The fourth-order valence-electron chi connectivity index (χ4n) is 2.56. The zero-order chi connectivity index (χ0) is 19.3. The Morgan fingerprint density at radius 3 is 2.12 bits per heavy atom. The van der Waals surface area contributed by atoms with Crippen LogP contribution in [0.1, 0.15) is 21.5 Å². The van der Waals surface area contributed by atoms with E-state index in [1.54, 1.807) is 31.2 Å². The fourth-order valence-corrected chi connectivity index (χ4v) is 2.56. The number of anilines is 1. The van der Waals surface area contributed by atoms with Crippen LogP contribution in [0.3, 0.4) is 0 Å². The standard InChI is InChI=1S/C19H21NO6/c1-11-5-6-13(10-14(11)19(22)23)20-17(21)9-12-7-15(24-2)18(26-4)16(8-12)25-3/h5-8,10H,9H2,1-4H3,(H,20,21)(H,22,23). The van der Waals surface area contributed by atoms with Gasteiger partial charge >= 0.3 is 5.97 Å². The largest absolute Gasteiger partial charge is 0.493 e. The summed E-state index contributed by atoms with van der Waals surface area (Å²) >= 11 is 0. The molecule has 0 aliphatic carbocycles. The number of methoxy groups -OCH3 is 3. The Hall–Kier alpha value is -3.22. The lowest BCUT2D eigenvalue weighted by molar-refractivity contribution is -0.115. The number of carbonyl (C=O) groups excluding carboxylic acids is 1. The van der Waals surface area contributed by atoms with E-state index >= 15 is 0 Å². The fraction of sp³-hybridized carbons (Fsp3) is 0.263. The number of aromatic carboxylic acids is 1. The number of hydrogen-bond donors (Lipinski definition) is 2. The zero-order valence-electron chi connectivity index (χ0n) is 15.1. The highest BCUT2D eigenvalue weighted by molar-refractivity contribution is 5.95. The van der Waals surface area contributed by atoms with Crippen molar-refractivity contribution in [2.75, 3.05) is 26.6 Å². The maximum Gasteiger partial charge on any atom is 0.336 e. The van der Waals surface area contributed by atoms with E-state index in [1.807, 2.05) is 0 Å². The van der Waals surface area contributed by atoms with Crippen LogP contribution in [0.15, 0.2) is 30.3 Å². The van der Waals surface area contributed by atoms with E-state index in [2.05, 4.69) is 5.32 Å². The number of nitrogens with one attached hydrogen (secondary N) is 1. The molecule has 0 aromatic heterocycles. The highest BCUT2D eigenvalue weighted by Crippen LogP contribution is 2.38. The summed E-state index contributed by atoms with van der Waals surface area (Å²) in [5.41, 5.74) is 1.86. The minimum Gasteiger partial charge on any atom is -0.493 e. The molecule has 0 saturated heterocycles. The van der Waals surface area contributed by atoms with E-state index in [-0.39, 0.29) is 17.9 Å². The van der Waals surface area contributed by atoms with Gasteiger partial charge in [-0.05, 0) is 42.3 Å². The van der Waals surface area contributed by atoms with Gasteiger partial charge in [-0.25, -0.2) is 4.79 Å². The van der Waals surface area contributed by atoms with Crippen LogP contribution in [0.2, 0.25) is 0 Å². The van der Waals surface area contributed by atoms with Crippen LogP contribution >= 0.6 is 0 Å². The highest BCUT2D eigenvalue weighted by Gasteiger charge is 2.15. The van der Waals surface area contributed by atoms with E-state index in [0.29, 0.717) is 34.1 Å². The number of rotatable bonds is 7.